The third-order valence-corrected chi connectivity index (χ3v) is 4.56. The molecule has 2 rings (SSSR count). The van der Waals surface area contributed by atoms with Crippen LogP contribution in [0.15, 0.2) is 40.7 Å². The van der Waals surface area contributed by atoms with Crippen molar-refractivity contribution in [3.05, 3.63) is 57.8 Å². The van der Waals surface area contributed by atoms with Gasteiger partial charge in [0.05, 0.1) is 0 Å². The molecule has 0 aliphatic rings. The molecule has 0 aliphatic heterocycles. The summed E-state index contributed by atoms with van der Waals surface area (Å²) in [7, 11) is 1.99. The third kappa shape index (κ3) is 5.60. The number of hydrogen-bond donors (Lipinski definition) is 1. The van der Waals surface area contributed by atoms with Gasteiger partial charge in [0, 0.05) is 37.6 Å². The first-order valence-electron chi connectivity index (χ1n) is 8.06. The highest BCUT2D eigenvalue weighted by molar-refractivity contribution is 7.09. The van der Waals surface area contributed by atoms with Crippen LogP contribution in [0.1, 0.15) is 17.4 Å². The SMILES string of the molecule is CCNC(=NCCc1ccc(F)cc1F)N(C)CCc1cccs1. The van der Waals surface area contributed by atoms with Crippen LogP contribution in [0.5, 0.6) is 0 Å². The van der Waals surface area contributed by atoms with Gasteiger partial charge in [-0.2, -0.15) is 0 Å². The maximum Gasteiger partial charge on any atom is 0.193 e. The van der Waals surface area contributed by atoms with Crippen LogP contribution < -0.4 is 5.32 Å². The highest BCUT2D eigenvalue weighted by atomic mass is 32.1. The van der Waals surface area contributed by atoms with Crippen molar-refractivity contribution in [2.75, 3.05) is 26.7 Å². The Labute approximate surface area is 146 Å². The molecule has 0 fully saturated rings. The van der Waals surface area contributed by atoms with Gasteiger partial charge in [-0.3, -0.25) is 4.99 Å². The number of nitrogens with zero attached hydrogens (tertiary/aromatic N) is 2. The van der Waals surface area contributed by atoms with E-state index in [1.807, 2.05) is 14.0 Å². The maximum atomic E-state index is 13.6. The average molecular weight is 351 g/mol. The van der Waals surface area contributed by atoms with Crippen LogP contribution in [0.3, 0.4) is 0 Å². The summed E-state index contributed by atoms with van der Waals surface area (Å²) in [5.74, 6) is -0.265. The van der Waals surface area contributed by atoms with Crippen molar-refractivity contribution in [3.8, 4) is 0 Å². The number of aliphatic imine (C=N–C) groups is 1. The predicted molar refractivity (Wildman–Crippen MR) is 96.7 cm³/mol. The lowest BCUT2D eigenvalue weighted by Crippen LogP contribution is -2.40. The second-order valence-corrected chi connectivity index (χ2v) is 6.50. The number of benzene rings is 1. The molecule has 0 radical (unpaired) electrons. The summed E-state index contributed by atoms with van der Waals surface area (Å²) in [6, 6.07) is 7.85. The van der Waals surface area contributed by atoms with Gasteiger partial charge >= 0.3 is 0 Å². The zero-order valence-electron chi connectivity index (χ0n) is 14.1. The van der Waals surface area contributed by atoms with Crippen molar-refractivity contribution in [3.63, 3.8) is 0 Å². The molecule has 0 unspecified atom stereocenters. The molecule has 3 nitrogen and oxygen atoms in total. The van der Waals surface area contributed by atoms with Gasteiger partial charge < -0.3 is 10.2 Å². The van der Waals surface area contributed by atoms with E-state index in [9.17, 15) is 8.78 Å². The molecule has 6 heteroatoms. The van der Waals surface area contributed by atoms with E-state index in [1.54, 1.807) is 11.3 Å². The molecule has 0 atom stereocenters. The van der Waals surface area contributed by atoms with E-state index in [-0.39, 0.29) is 0 Å². The summed E-state index contributed by atoms with van der Waals surface area (Å²) in [5.41, 5.74) is 0.484. The average Bonchev–Trinajstić information content (AvgIpc) is 3.07. The molecule has 0 bridgehead atoms. The van der Waals surface area contributed by atoms with Crippen LogP contribution in [0.25, 0.3) is 0 Å². The molecule has 0 spiro atoms. The van der Waals surface area contributed by atoms with Crippen molar-refractivity contribution >= 4 is 17.3 Å². The van der Waals surface area contributed by atoms with Crippen LogP contribution in [-0.2, 0) is 12.8 Å². The van der Waals surface area contributed by atoms with Crippen LogP contribution in [0.2, 0.25) is 0 Å². The number of nitrogens with one attached hydrogen (secondary N) is 1. The van der Waals surface area contributed by atoms with Gasteiger partial charge in [-0.1, -0.05) is 12.1 Å². The number of guanidine groups is 1. The molecule has 0 amide bonds. The zero-order chi connectivity index (χ0) is 17.4. The molecule has 1 N–H and O–H groups in total. The first-order chi connectivity index (χ1) is 11.6. The topological polar surface area (TPSA) is 27.6 Å². The Balaban J connectivity index is 1.91. The summed E-state index contributed by atoms with van der Waals surface area (Å²) in [6.45, 7) is 4.10. The fourth-order valence-corrected chi connectivity index (χ4v) is 3.01. The summed E-state index contributed by atoms with van der Waals surface area (Å²) < 4.78 is 26.6. The Morgan fingerprint density at radius 1 is 1.25 bits per heavy atom. The Bertz CT molecular complexity index is 656. The quantitative estimate of drug-likeness (QED) is 0.608. The Kier molecular flexibility index (Phi) is 7.18. The number of likely N-dealkylation sites (N-methyl/N-ethyl adjacent to an activating group) is 1. The molecular weight excluding hydrogens is 328 g/mol. The van der Waals surface area contributed by atoms with Crippen molar-refractivity contribution in [1.29, 1.82) is 0 Å². The van der Waals surface area contributed by atoms with Crippen molar-refractivity contribution < 1.29 is 8.78 Å². The number of hydrogen-bond acceptors (Lipinski definition) is 2. The first-order valence-corrected chi connectivity index (χ1v) is 8.94. The highest BCUT2D eigenvalue weighted by Crippen LogP contribution is 2.11. The van der Waals surface area contributed by atoms with Gasteiger partial charge in [0.1, 0.15) is 11.6 Å². The fourth-order valence-electron chi connectivity index (χ4n) is 2.32. The van der Waals surface area contributed by atoms with Gasteiger partial charge in [-0.15, -0.1) is 11.3 Å². The van der Waals surface area contributed by atoms with E-state index in [1.165, 1.54) is 17.0 Å². The van der Waals surface area contributed by atoms with Gasteiger partial charge in [0.25, 0.3) is 0 Å². The molecule has 1 heterocycles. The highest BCUT2D eigenvalue weighted by Gasteiger charge is 2.07. The van der Waals surface area contributed by atoms with Crippen molar-refractivity contribution in [2.24, 2.45) is 4.99 Å². The fraction of sp³-hybridized carbons (Fsp3) is 0.389. The summed E-state index contributed by atoms with van der Waals surface area (Å²) >= 11 is 1.75. The van der Waals surface area contributed by atoms with E-state index in [0.29, 0.717) is 18.5 Å². The Morgan fingerprint density at radius 3 is 2.75 bits per heavy atom. The third-order valence-electron chi connectivity index (χ3n) is 3.63. The molecule has 0 aliphatic carbocycles. The van der Waals surface area contributed by atoms with E-state index < -0.39 is 11.6 Å². The van der Waals surface area contributed by atoms with Gasteiger partial charge in [-0.25, -0.2) is 8.78 Å². The van der Waals surface area contributed by atoms with E-state index in [2.05, 4.69) is 32.7 Å². The van der Waals surface area contributed by atoms with Crippen molar-refractivity contribution in [1.82, 2.24) is 10.2 Å². The standard InChI is InChI=1S/C18H23F2N3S/c1-3-21-18(23(2)11-9-16-5-4-12-24-16)22-10-8-14-6-7-15(19)13-17(14)20/h4-7,12-13H,3,8-11H2,1-2H3,(H,21,22). The van der Waals surface area contributed by atoms with Crippen LogP contribution in [0, 0.1) is 11.6 Å². The maximum absolute atomic E-state index is 13.6. The minimum absolute atomic E-state index is 0.444. The molecule has 2 aromatic rings. The normalized spacial score (nSPS) is 11.6. The van der Waals surface area contributed by atoms with Crippen molar-refractivity contribution in [2.45, 2.75) is 19.8 Å². The smallest absolute Gasteiger partial charge is 0.193 e. The molecule has 1 aromatic heterocycles. The summed E-state index contributed by atoms with van der Waals surface area (Å²) in [4.78, 5) is 7.96. The lowest BCUT2D eigenvalue weighted by Gasteiger charge is -2.21. The lowest BCUT2D eigenvalue weighted by atomic mass is 10.1. The number of rotatable bonds is 7. The molecule has 1 aromatic carbocycles. The molecule has 0 saturated heterocycles. The predicted octanol–water partition coefficient (Wildman–Crippen LogP) is 3.71. The molecule has 0 saturated carbocycles. The monoisotopic (exact) mass is 351 g/mol. The molecule has 130 valence electrons. The van der Waals surface area contributed by atoms with Crippen LogP contribution in [0.4, 0.5) is 8.78 Å². The summed E-state index contributed by atoms with van der Waals surface area (Å²) in [6.07, 6.45) is 1.41. The number of thiophene rings is 1. The zero-order valence-corrected chi connectivity index (χ0v) is 14.9. The van der Waals surface area contributed by atoms with Crippen LogP contribution >= 0.6 is 11.3 Å². The lowest BCUT2D eigenvalue weighted by molar-refractivity contribution is 0.486. The van der Waals surface area contributed by atoms with E-state index >= 15 is 0 Å². The van der Waals surface area contributed by atoms with Gasteiger partial charge in [0.2, 0.25) is 0 Å². The summed E-state index contributed by atoms with van der Waals surface area (Å²) in [5, 5.41) is 5.32. The van der Waals surface area contributed by atoms with Crippen LogP contribution in [-0.4, -0.2) is 37.5 Å². The second-order valence-electron chi connectivity index (χ2n) is 5.47. The first kappa shape index (κ1) is 18.4. The molecular formula is C18H23F2N3S. The Morgan fingerprint density at radius 2 is 2.08 bits per heavy atom. The molecule has 24 heavy (non-hydrogen) atoms. The van der Waals surface area contributed by atoms with Gasteiger partial charge in [0.15, 0.2) is 5.96 Å². The Hall–Kier alpha value is -1.95. The van der Waals surface area contributed by atoms with Gasteiger partial charge in [-0.05, 0) is 42.8 Å². The van der Waals surface area contributed by atoms with E-state index in [4.69, 9.17) is 0 Å². The minimum Gasteiger partial charge on any atom is -0.357 e. The minimum atomic E-state index is -0.554. The second kappa shape index (κ2) is 9.37. The number of halogens is 2. The van der Waals surface area contributed by atoms with E-state index in [0.717, 1.165) is 31.5 Å². The largest absolute Gasteiger partial charge is 0.357 e.